The van der Waals surface area contributed by atoms with Gasteiger partial charge < -0.3 is 15.5 Å². The summed E-state index contributed by atoms with van der Waals surface area (Å²) in [5.74, 6) is 0.825. The van der Waals surface area contributed by atoms with Crippen molar-refractivity contribution in [2.45, 2.75) is 13.0 Å². The Kier molecular flexibility index (Phi) is 4.67. The Morgan fingerprint density at radius 1 is 1.10 bits per heavy atom. The lowest BCUT2D eigenvalue weighted by molar-refractivity contribution is 0.604. The van der Waals surface area contributed by atoms with Gasteiger partial charge in [-0.1, -0.05) is 42.5 Å². The van der Waals surface area contributed by atoms with Gasteiger partial charge in [0.1, 0.15) is 29.3 Å². The summed E-state index contributed by atoms with van der Waals surface area (Å²) < 4.78 is 6.14. The Bertz CT molecular complexity index is 1290. The number of hydrogen-bond acceptors (Lipinski definition) is 6. The highest BCUT2D eigenvalue weighted by atomic mass is 16.3. The van der Waals surface area contributed by atoms with Crippen molar-refractivity contribution in [2.75, 3.05) is 11.1 Å². The molecule has 2 aromatic carbocycles. The molecule has 0 spiro atoms. The van der Waals surface area contributed by atoms with Gasteiger partial charge in [-0.3, -0.25) is 4.79 Å². The molecule has 2 heterocycles. The molecule has 1 atom stereocenters. The van der Waals surface area contributed by atoms with E-state index in [1.54, 1.807) is 18.2 Å². The van der Waals surface area contributed by atoms with Gasteiger partial charge in [-0.15, -0.1) is 0 Å². The number of anilines is 2. The lowest BCUT2D eigenvalue weighted by Crippen LogP contribution is -2.19. The van der Waals surface area contributed by atoms with Crippen LogP contribution in [0.15, 0.2) is 70.1 Å². The number of nitrogen functional groups attached to an aromatic ring is 1. The molecule has 0 saturated carbocycles. The average molecular weight is 383 g/mol. The maximum atomic E-state index is 13.4. The van der Waals surface area contributed by atoms with E-state index in [0.717, 1.165) is 5.56 Å². The first-order chi connectivity index (χ1) is 14.1. The van der Waals surface area contributed by atoms with E-state index in [2.05, 4.69) is 20.1 Å². The number of nitrogens with zero attached hydrogens (tertiary/aromatic N) is 3. The molecule has 0 fully saturated rings. The fourth-order valence-electron chi connectivity index (χ4n) is 3.24. The van der Waals surface area contributed by atoms with E-state index in [4.69, 9.17) is 16.7 Å². The quantitative estimate of drug-likeness (QED) is 0.502. The number of para-hydroxylation sites is 1. The van der Waals surface area contributed by atoms with Crippen LogP contribution in [0.25, 0.3) is 27.1 Å². The minimum Gasteiger partial charge on any atom is -0.455 e. The van der Waals surface area contributed by atoms with Crippen LogP contribution in [-0.2, 0) is 0 Å². The van der Waals surface area contributed by atoms with Gasteiger partial charge in [-0.2, -0.15) is 0 Å². The molecule has 3 N–H and O–H groups in total. The molecule has 7 heteroatoms. The average Bonchev–Trinajstić information content (AvgIpc) is 2.74. The van der Waals surface area contributed by atoms with Crippen LogP contribution in [-0.4, -0.2) is 9.97 Å². The van der Waals surface area contributed by atoms with Crippen LogP contribution in [0.5, 0.6) is 0 Å². The molecule has 0 aliphatic carbocycles. The third-order valence-electron chi connectivity index (χ3n) is 4.62. The molecule has 142 valence electrons. The number of rotatable bonds is 4. The van der Waals surface area contributed by atoms with Crippen molar-refractivity contribution >= 4 is 28.3 Å². The van der Waals surface area contributed by atoms with Crippen molar-refractivity contribution in [2.24, 2.45) is 0 Å². The maximum Gasteiger partial charge on any atom is 0.268 e. The fourth-order valence-corrected chi connectivity index (χ4v) is 3.24. The van der Waals surface area contributed by atoms with Gasteiger partial charge in [0.2, 0.25) is 0 Å². The standard InChI is InChI=1S/C22H17N5O2/c1-13(27-22-18(24-2)21(23)25-12-26-22)17-19(28)15-10-6-7-11-16(15)29-20(17)14-8-4-3-5-9-14/h3-13H,1H3,(H3,23,25,26,27). The van der Waals surface area contributed by atoms with Crippen molar-refractivity contribution < 1.29 is 4.42 Å². The van der Waals surface area contributed by atoms with E-state index in [9.17, 15) is 4.79 Å². The van der Waals surface area contributed by atoms with Crippen LogP contribution in [0.4, 0.5) is 17.3 Å². The second-order valence-electron chi connectivity index (χ2n) is 6.47. The predicted octanol–water partition coefficient (Wildman–Crippen LogP) is 4.56. The topological polar surface area (TPSA) is 98.4 Å². The molecule has 29 heavy (non-hydrogen) atoms. The summed E-state index contributed by atoms with van der Waals surface area (Å²) in [5.41, 5.74) is 7.51. The summed E-state index contributed by atoms with van der Waals surface area (Å²) in [4.78, 5) is 24.7. The van der Waals surface area contributed by atoms with Crippen molar-refractivity contribution in [1.29, 1.82) is 0 Å². The van der Waals surface area contributed by atoms with Gasteiger partial charge in [0.15, 0.2) is 5.43 Å². The second-order valence-corrected chi connectivity index (χ2v) is 6.47. The van der Waals surface area contributed by atoms with E-state index in [1.807, 2.05) is 43.3 Å². The highest BCUT2D eigenvalue weighted by Crippen LogP contribution is 2.34. The Morgan fingerprint density at radius 2 is 1.83 bits per heavy atom. The van der Waals surface area contributed by atoms with Crippen LogP contribution < -0.4 is 16.5 Å². The van der Waals surface area contributed by atoms with E-state index >= 15 is 0 Å². The third-order valence-corrected chi connectivity index (χ3v) is 4.62. The molecule has 0 amide bonds. The Hall–Kier alpha value is -4.18. The monoisotopic (exact) mass is 383 g/mol. The minimum absolute atomic E-state index is 0.0820. The van der Waals surface area contributed by atoms with Crippen molar-refractivity contribution in [1.82, 2.24) is 9.97 Å². The highest BCUT2D eigenvalue weighted by molar-refractivity contribution is 5.81. The first-order valence-corrected chi connectivity index (χ1v) is 8.95. The summed E-state index contributed by atoms with van der Waals surface area (Å²) in [6, 6.07) is 16.1. The zero-order valence-corrected chi connectivity index (χ0v) is 15.6. The van der Waals surface area contributed by atoms with Gasteiger partial charge >= 0.3 is 0 Å². The highest BCUT2D eigenvalue weighted by Gasteiger charge is 2.22. The summed E-state index contributed by atoms with van der Waals surface area (Å²) in [5, 5.41) is 3.62. The number of fused-ring (bicyclic) bond motifs is 1. The predicted molar refractivity (Wildman–Crippen MR) is 113 cm³/mol. The van der Waals surface area contributed by atoms with Crippen molar-refractivity contribution in [3.05, 3.63) is 88.1 Å². The lowest BCUT2D eigenvalue weighted by Gasteiger charge is -2.19. The third kappa shape index (κ3) is 3.28. The molecule has 2 aromatic heterocycles. The molecule has 0 radical (unpaired) electrons. The molecule has 0 bridgehead atoms. The van der Waals surface area contributed by atoms with Gasteiger partial charge in [0.25, 0.3) is 5.69 Å². The Labute approximate surface area is 166 Å². The van der Waals surface area contributed by atoms with Crippen molar-refractivity contribution in [3.8, 4) is 11.3 Å². The lowest BCUT2D eigenvalue weighted by atomic mass is 9.99. The smallest absolute Gasteiger partial charge is 0.268 e. The van der Waals surface area contributed by atoms with Crippen molar-refractivity contribution in [3.63, 3.8) is 0 Å². The van der Waals surface area contributed by atoms with Crippen LogP contribution in [0.1, 0.15) is 18.5 Å². The van der Waals surface area contributed by atoms with E-state index in [0.29, 0.717) is 22.3 Å². The summed E-state index contributed by atoms with van der Waals surface area (Å²) in [7, 11) is 0. The van der Waals surface area contributed by atoms with Crippen LogP contribution in [0.2, 0.25) is 0 Å². The van der Waals surface area contributed by atoms with Gasteiger partial charge in [-0.25, -0.2) is 14.8 Å². The number of benzene rings is 2. The van der Waals surface area contributed by atoms with E-state index in [1.165, 1.54) is 6.33 Å². The number of nitrogens with two attached hydrogens (primary N) is 1. The molecule has 1 unspecified atom stereocenters. The molecule has 7 nitrogen and oxygen atoms in total. The molecule has 0 aliphatic heterocycles. The van der Waals surface area contributed by atoms with Gasteiger partial charge in [0.05, 0.1) is 23.6 Å². The molecular weight excluding hydrogens is 366 g/mol. The number of nitrogens with one attached hydrogen (secondary N) is 1. The first-order valence-electron chi connectivity index (χ1n) is 8.95. The summed E-state index contributed by atoms with van der Waals surface area (Å²) in [6.07, 6.45) is 1.28. The van der Waals surface area contributed by atoms with E-state index < -0.39 is 6.04 Å². The zero-order chi connectivity index (χ0) is 20.4. The fraction of sp³-hybridized carbons (Fsp3) is 0.0909. The van der Waals surface area contributed by atoms with Crippen LogP contribution >= 0.6 is 0 Å². The second kappa shape index (κ2) is 7.44. The van der Waals surface area contributed by atoms with Crippen LogP contribution in [0, 0.1) is 6.57 Å². The normalized spacial score (nSPS) is 11.7. The number of aromatic nitrogens is 2. The molecule has 4 aromatic rings. The maximum absolute atomic E-state index is 13.4. The Morgan fingerprint density at radius 3 is 2.59 bits per heavy atom. The summed E-state index contributed by atoms with van der Waals surface area (Å²) in [6.45, 7) is 9.16. The molecule has 0 aliphatic rings. The first kappa shape index (κ1) is 18.2. The number of hydrogen-bond donors (Lipinski definition) is 2. The molecular formula is C22H17N5O2. The van der Waals surface area contributed by atoms with E-state index in [-0.39, 0.29) is 22.8 Å². The Balaban J connectivity index is 1.91. The largest absolute Gasteiger partial charge is 0.455 e. The van der Waals surface area contributed by atoms with Gasteiger partial charge in [-0.05, 0) is 19.1 Å². The molecule has 0 saturated heterocycles. The molecule has 4 rings (SSSR count). The zero-order valence-electron chi connectivity index (χ0n) is 15.6. The summed E-state index contributed by atoms with van der Waals surface area (Å²) >= 11 is 0. The van der Waals surface area contributed by atoms with Gasteiger partial charge in [0, 0.05) is 5.56 Å². The SMILES string of the molecule is [C-]#[N+]c1c(N)ncnc1NC(C)c1c(-c2ccccc2)oc2ccccc2c1=O. The minimum atomic E-state index is -0.499. The van der Waals surface area contributed by atoms with Crippen LogP contribution in [0.3, 0.4) is 0 Å².